The fourth-order valence-corrected chi connectivity index (χ4v) is 3.63. The highest BCUT2D eigenvalue weighted by molar-refractivity contribution is 7.09. The summed E-state index contributed by atoms with van der Waals surface area (Å²) in [6, 6.07) is 0.530. The van der Waals surface area contributed by atoms with Crippen LogP contribution in [0.3, 0.4) is 0 Å². The Bertz CT molecular complexity index is 298. The van der Waals surface area contributed by atoms with E-state index in [2.05, 4.69) is 29.5 Å². The molecule has 1 heterocycles. The number of hydrogen-bond acceptors (Lipinski definition) is 3. The molecule has 0 atom stereocenters. The first-order valence-electron chi connectivity index (χ1n) is 6.41. The SMILES string of the molecule is CC(C)NC1(c2nccs2)CCCCCC1. The third kappa shape index (κ3) is 2.64. The second-order valence-corrected chi connectivity index (χ2v) is 6.03. The number of nitrogens with one attached hydrogen (secondary N) is 1. The minimum absolute atomic E-state index is 0.166. The van der Waals surface area contributed by atoms with E-state index in [9.17, 15) is 0 Å². The quantitative estimate of drug-likeness (QED) is 0.812. The fourth-order valence-electron chi connectivity index (χ4n) is 2.76. The summed E-state index contributed by atoms with van der Waals surface area (Å²) in [5.41, 5.74) is 0.166. The van der Waals surface area contributed by atoms with Crippen molar-refractivity contribution in [1.82, 2.24) is 10.3 Å². The van der Waals surface area contributed by atoms with E-state index in [1.807, 2.05) is 6.20 Å². The Morgan fingerprint density at radius 3 is 2.44 bits per heavy atom. The van der Waals surface area contributed by atoms with E-state index in [-0.39, 0.29) is 5.54 Å². The van der Waals surface area contributed by atoms with E-state index in [0.717, 1.165) is 0 Å². The number of hydrogen-bond donors (Lipinski definition) is 1. The maximum atomic E-state index is 4.56. The van der Waals surface area contributed by atoms with Gasteiger partial charge in [0.25, 0.3) is 0 Å². The molecular weight excluding hydrogens is 216 g/mol. The van der Waals surface area contributed by atoms with Crippen molar-refractivity contribution in [3.8, 4) is 0 Å². The van der Waals surface area contributed by atoms with Gasteiger partial charge in [-0.3, -0.25) is 0 Å². The van der Waals surface area contributed by atoms with E-state index in [1.165, 1.54) is 43.5 Å². The summed E-state index contributed by atoms with van der Waals surface area (Å²) in [5, 5.41) is 7.18. The lowest BCUT2D eigenvalue weighted by molar-refractivity contribution is 0.266. The smallest absolute Gasteiger partial charge is 0.113 e. The lowest BCUT2D eigenvalue weighted by atomic mass is 9.90. The van der Waals surface area contributed by atoms with Gasteiger partial charge in [-0.25, -0.2) is 4.98 Å². The highest BCUT2D eigenvalue weighted by Crippen LogP contribution is 2.37. The van der Waals surface area contributed by atoms with Gasteiger partial charge in [-0.05, 0) is 26.7 Å². The molecule has 90 valence electrons. The van der Waals surface area contributed by atoms with Crippen molar-refractivity contribution >= 4 is 11.3 Å². The van der Waals surface area contributed by atoms with Crippen molar-refractivity contribution in [2.45, 2.75) is 64.0 Å². The first-order chi connectivity index (χ1) is 7.73. The fraction of sp³-hybridized carbons (Fsp3) is 0.769. The number of nitrogens with zero attached hydrogens (tertiary/aromatic N) is 1. The third-order valence-corrected chi connectivity index (χ3v) is 4.34. The third-order valence-electron chi connectivity index (χ3n) is 3.36. The minimum atomic E-state index is 0.166. The molecule has 2 nitrogen and oxygen atoms in total. The molecule has 0 amide bonds. The van der Waals surface area contributed by atoms with E-state index in [1.54, 1.807) is 11.3 Å². The maximum absolute atomic E-state index is 4.56. The molecule has 2 rings (SSSR count). The van der Waals surface area contributed by atoms with Gasteiger partial charge in [0.15, 0.2) is 0 Å². The predicted octanol–water partition coefficient (Wildman–Crippen LogP) is 3.69. The zero-order valence-electron chi connectivity index (χ0n) is 10.3. The van der Waals surface area contributed by atoms with E-state index in [4.69, 9.17) is 0 Å². The van der Waals surface area contributed by atoms with Gasteiger partial charge < -0.3 is 5.32 Å². The van der Waals surface area contributed by atoms with Crippen LogP contribution in [0.2, 0.25) is 0 Å². The first kappa shape index (κ1) is 12.1. The van der Waals surface area contributed by atoms with Crippen molar-refractivity contribution in [3.63, 3.8) is 0 Å². The molecule has 1 aliphatic carbocycles. The summed E-state index contributed by atoms with van der Waals surface area (Å²) >= 11 is 1.81. The van der Waals surface area contributed by atoms with E-state index < -0.39 is 0 Å². The molecule has 0 saturated heterocycles. The lowest BCUT2D eigenvalue weighted by Gasteiger charge is -2.34. The average Bonchev–Trinajstić information content (AvgIpc) is 2.67. The second-order valence-electron chi connectivity index (χ2n) is 5.13. The molecule has 3 heteroatoms. The van der Waals surface area contributed by atoms with E-state index in [0.29, 0.717) is 6.04 Å². The number of rotatable bonds is 3. The molecule has 16 heavy (non-hydrogen) atoms. The summed E-state index contributed by atoms with van der Waals surface area (Å²) in [6.45, 7) is 4.47. The van der Waals surface area contributed by atoms with Gasteiger partial charge >= 0.3 is 0 Å². The van der Waals surface area contributed by atoms with Crippen molar-refractivity contribution in [2.75, 3.05) is 0 Å². The summed E-state index contributed by atoms with van der Waals surface area (Å²) in [4.78, 5) is 4.56. The van der Waals surface area contributed by atoms with Gasteiger partial charge in [0, 0.05) is 17.6 Å². The Balaban J connectivity index is 2.23. The van der Waals surface area contributed by atoms with Crippen LogP contribution in [0.25, 0.3) is 0 Å². The molecule has 1 aromatic rings. The monoisotopic (exact) mass is 238 g/mol. The average molecular weight is 238 g/mol. The Labute approximate surface area is 102 Å². The highest BCUT2D eigenvalue weighted by Gasteiger charge is 2.35. The van der Waals surface area contributed by atoms with Gasteiger partial charge in [-0.2, -0.15) is 0 Å². The van der Waals surface area contributed by atoms with Crippen LogP contribution in [0.4, 0.5) is 0 Å². The van der Waals surface area contributed by atoms with Crippen molar-refractivity contribution < 1.29 is 0 Å². The van der Waals surface area contributed by atoms with Gasteiger partial charge in [-0.15, -0.1) is 11.3 Å². The largest absolute Gasteiger partial charge is 0.303 e. The molecule has 0 unspecified atom stereocenters. The van der Waals surface area contributed by atoms with Crippen LogP contribution in [-0.2, 0) is 5.54 Å². The van der Waals surface area contributed by atoms with Crippen molar-refractivity contribution in [3.05, 3.63) is 16.6 Å². The summed E-state index contributed by atoms with van der Waals surface area (Å²) in [7, 11) is 0. The maximum Gasteiger partial charge on any atom is 0.113 e. The van der Waals surface area contributed by atoms with Crippen LogP contribution >= 0.6 is 11.3 Å². The molecule has 1 N–H and O–H groups in total. The minimum Gasteiger partial charge on any atom is -0.303 e. The van der Waals surface area contributed by atoms with Crippen LogP contribution in [0.5, 0.6) is 0 Å². The highest BCUT2D eigenvalue weighted by atomic mass is 32.1. The Kier molecular flexibility index (Phi) is 3.98. The molecule has 1 aliphatic rings. The van der Waals surface area contributed by atoms with E-state index >= 15 is 0 Å². The summed E-state index contributed by atoms with van der Waals surface area (Å²) < 4.78 is 0. The molecule has 0 bridgehead atoms. The first-order valence-corrected chi connectivity index (χ1v) is 7.29. The Morgan fingerprint density at radius 1 is 1.25 bits per heavy atom. The van der Waals surface area contributed by atoms with Crippen LogP contribution < -0.4 is 5.32 Å². The van der Waals surface area contributed by atoms with Crippen LogP contribution in [0, 0.1) is 0 Å². The summed E-state index contributed by atoms with van der Waals surface area (Å²) in [6.07, 6.45) is 9.87. The Morgan fingerprint density at radius 2 is 1.94 bits per heavy atom. The van der Waals surface area contributed by atoms with Crippen LogP contribution in [-0.4, -0.2) is 11.0 Å². The molecule has 0 radical (unpaired) electrons. The molecule has 0 aromatic carbocycles. The molecule has 1 saturated carbocycles. The molecular formula is C13H22N2S. The predicted molar refractivity (Wildman–Crippen MR) is 69.8 cm³/mol. The van der Waals surface area contributed by atoms with Crippen molar-refractivity contribution in [2.24, 2.45) is 0 Å². The molecule has 1 fully saturated rings. The second kappa shape index (κ2) is 5.28. The van der Waals surface area contributed by atoms with Crippen LogP contribution in [0.15, 0.2) is 11.6 Å². The summed E-state index contributed by atoms with van der Waals surface area (Å²) in [5.74, 6) is 0. The Hall–Kier alpha value is -0.410. The van der Waals surface area contributed by atoms with Gasteiger partial charge in [0.1, 0.15) is 5.01 Å². The topological polar surface area (TPSA) is 24.9 Å². The lowest BCUT2D eigenvalue weighted by Crippen LogP contribution is -2.45. The van der Waals surface area contributed by atoms with Crippen molar-refractivity contribution in [1.29, 1.82) is 0 Å². The standard InChI is InChI=1S/C13H22N2S/c1-11(2)15-13(12-14-9-10-16-12)7-5-3-4-6-8-13/h9-11,15H,3-8H2,1-2H3. The normalized spacial score (nSPS) is 20.9. The van der Waals surface area contributed by atoms with Gasteiger partial charge in [0.2, 0.25) is 0 Å². The molecule has 0 aliphatic heterocycles. The number of aromatic nitrogens is 1. The van der Waals surface area contributed by atoms with Gasteiger partial charge in [-0.1, -0.05) is 25.7 Å². The zero-order valence-corrected chi connectivity index (χ0v) is 11.1. The molecule has 1 aromatic heterocycles. The van der Waals surface area contributed by atoms with Crippen LogP contribution in [0.1, 0.15) is 57.4 Å². The van der Waals surface area contributed by atoms with Gasteiger partial charge in [0.05, 0.1) is 5.54 Å². The zero-order chi connectivity index (χ0) is 11.4. The molecule has 0 spiro atoms. The number of thiazole rings is 1.